The SMILES string of the molecule is Cc1oc(C23CC4CC(CC(C4)C2)C3)cc1C(=O)NC[C@H]1CCCO1. The highest BCUT2D eigenvalue weighted by Crippen LogP contribution is 2.61. The summed E-state index contributed by atoms with van der Waals surface area (Å²) < 4.78 is 11.8. The number of ether oxygens (including phenoxy) is 1. The van der Waals surface area contributed by atoms with Crippen molar-refractivity contribution in [3.63, 3.8) is 0 Å². The highest BCUT2D eigenvalue weighted by Gasteiger charge is 2.53. The summed E-state index contributed by atoms with van der Waals surface area (Å²) in [6.45, 7) is 3.36. The molecule has 5 fully saturated rings. The molecular formula is C21H29NO3. The van der Waals surface area contributed by atoms with Crippen LogP contribution in [0.1, 0.15) is 73.2 Å². The Kier molecular flexibility index (Phi) is 3.74. The molecule has 136 valence electrons. The Morgan fingerprint density at radius 3 is 2.48 bits per heavy atom. The highest BCUT2D eigenvalue weighted by molar-refractivity contribution is 5.95. The van der Waals surface area contributed by atoms with Crippen molar-refractivity contribution in [1.82, 2.24) is 5.32 Å². The molecule has 0 aromatic carbocycles. The van der Waals surface area contributed by atoms with Crippen molar-refractivity contribution >= 4 is 5.91 Å². The molecule has 1 saturated heterocycles. The number of hydrogen-bond acceptors (Lipinski definition) is 3. The lowest BCUT2D eigenvalue weighted by atomic mass is 9.49. The fraction of sp³-hybridized carbons (Fsp3) is 0.762. The van der Waals surface area contributed by atoms with Crippen LogP contribution in [-0.4, -0.2) is 25.2 Å². The zero-order valence-corrected chi connectivity index (χ0v) is 15.2. The summed E-state index contributed by atoms with van der Waals surface area (Å²) in [6.07, 6.45) is 10.4. The maximum Gasteiger partial charge on any atom is 0.254 e. The number of carbonyl (C=O) groups is 1. The first-order chi connectivity index (χ1) is 12.1. The van der Waals surface area contributed by atoms with Crippen LogP contribution in [0.3, 0.4) is 0 Å². The number of hydrogen-bond donors (Lipinski definition) is 1. The van der Waals surface area contributed by atoms with Crippen molar-refractivity contribution < 1.29 is 13.9 Å². The molecule has 5 aliphatic rings. The van der Waals surface area contributed by atoms with E-state index >= 15 is 0 Å². The van der Waals surface area contributed by atoms with E-state index in [9.17, 15) is 4.79 Å². The number of aryl methyl sites for hydroxylation is 1. The van der Waals surface area contributed by atoms with Gasteiger partial charge in [-0.15, -0.1) is 0 Å². The molecule has 1 aromatic heterocycles. The average Bonchev–Trinajstić information content (AvgIpc) is 3.21. The third-order valence-electron chi connectivity index (χ3n) is 7.24. The lowest BCUT2D eigenvalue weighted by molar-refractivity contribution is -0.0154. The van der Waals surface area contributed by atoms with Crippen LogP contribution in [0.5, 0.6) is 0 Å². The normalized spacial score (nSPS) is 39.1. The Morgan fingerprint density at radius 1 is 1.20 bits per heavy atom. The first-order valence-electron chi connectivity index (χ1n) is 10.1. The number of amides is 1. The van der Waals surface area contributed by atoms with Gasteiger partial charge in [0.2, 0.25) is 0 Å². The molecule has 1 aromatic rings. The molecule has 4 aliphatic carbocycles. The quantitative estimate of drug-likeness (QED) is 0.900. The second-order valence-electron chi connectivity index (χ2n) is 9.12. The van der Waals surface area contributed by atoms with E-state index in [-0.39, 0.29) is 17.4 Å². The summed E-state index contributed by atoms with van der Waals surface area (Å²) in [5, 5.41) is 3.04. The molecule has 0 unspecified atom stereocenters. The topological polar surface area (TPSA) is 51.5 Å². The zero-order chi connectivity index (χ0) is 17.0. The predicted octanol–water partition coefficient (Wildman–Crippen LogP) is 3.96. The van der Waals surface area contributed by atoms with Gasteiger partial charge >= 0.3 is 0 Å². The maximum absolute atomic E-state index is 12.6. The summed E-state index contributed by atoms with van der Waals surface area (Å²) in [4.78, 5) is 12.6. The van der Waals surface area contributed by atoms with Crippen LogP contribution in [0, 0.1) is 24.7 Å². The Balaban J connectivity index is 1.34. The first kappa shape index (κ1) is 15.9. The van der Waals surface area contributed by atoms with Gasteiger partial charge in [0, 0.05) is 18.6 Å². The van der Waals surface area contributed by atoms with E-state index in [4.69, 9.17) is 9.15 Å². The fourth-order valence-corrected chi connectivity index (χ4v) is 6.49. The van der Waals surface area contributed by atoms with Crippen LogP contribution in [0.15, 0.2) is 10.5 Å². The van der Waals surface area contributed by atoms with Gasteiger partial charge in [0.15, 0.2) is 0 Å². The Bertz CT molecular complexity index is 635. The van der Waals surface area contributed by atoms with E-state index in [1.54, 1.807) is 0 Å². The van der Waals surface area contributed by atoms with E-state index < -0.39 is 0 Å². The van der Waals surface area contributed by atoms with Crippen LogP contribution in [0.4, 0.5) is 0 Å². The molecule has 1 N–H and O–H groups in total. The van der Waals surface area contributed by atoms with E-state index in [0.29, 0.717) is 6.54 Å². The minimum Gasteiger partial charge on any atom is -0.465 e. The molecule has 4 saturated carbocycles. The zero-order valence-electron chi connectivity index (χ0n) is 15.2. The van der Waals surface area contributed by atoms with Gasteiger partial charge in [-0.3, -0.25) is 4.79 Å². The van der Waals surface area contributed by atoms with Crippen LogP contribution < -0.4 is 5.32 Å². The van der Waals surface area contributed by atoms with Crippen molar-refractivity contribution in [2.45, 2.75) is 69.8 Å². The number of carbonyl (C=O) groups excluding carboxylic acids is 1. The predicted molar refractivity (Wildman–Crippen MR) is 94.6 cm³/mol. The van der Waals surface area contributed by atoms with Crippen LogP contribution in [0.25, 0.3) is 0 Å². The van der Waals surface area contributed by atoms with E-state index in [0.717, 1.165) is 54.3 Å². The van der Waals surface area contributed by atoms with Gasteiger partial charge in [0.25, 0.3) is 5.91 Å². The molecule has 1 atom stereocenters. The summed E-state index contributed by atoms with van der Waals surface area (Å²) >= 11 is 0. The summed E-state index contributed by atoms with van der Waals surface area (Å²) in [7, 11) is 0. The summed E-state index contributed by atoms with van der Waals surface area (Å²) in [6, 6.07) is 2.06. The van der Waals surface area contributed by atoms with Crippen LogP contribution >= 0.6 is 0 Å². The molecule has 1 aliphatic heterocycles. The van der Waals surface area contributed by atoms with Gasteiger partial charge in [0.05, 0.1) is 11.7 Å². The van der Waals surface area contributed by atoms with Gasteiger partial charge in [-0.05, 0) is 82.1 Å². The standard InChI is InChI=1S/C21H29NO3/c1-13-18(20(23)22-12-17-3-2-4-24-17)8-19(25-13)21-9-14-5-15(10-21)7-16(6-14)11-21/h8,14-17H,2-7,9-12H2,1H3,(H,22,23)/t14?,15?,16?,17-,21?/m1/s1. The fourth-order valence-electron chi connectivity index (χ4n) is 6.49. The van der Waals surface area contributed by atoms with Crippen molar-refractivity contribution in [2.75, 3.05) is 13.2 Å². The van der Waals surface area contributed by atoms with Gasteiger partial charge in [-0.2, -0.15) is 0 Å². The number of furan rings is 1. The first-order valence-corrected chi connectivity index (χ1v) is 10.1. The van der Waals surface area contributed by atoms with Gasteiger partial charge in [0.1, 0.15) is 11.5 Å². The third-order valence-corrected chi connectivity index (χ3v) is 7.24. The molecule has 25 heavy (non-hydrogen) atoms. The van der Waals surface area contributed by atoms with Crippen LogP contribution in [0.2, 0.25) is 0 Å². The molecule has 4 bridgehead atoms. The minimum absolute atomic E-state index is 0.00673. The Hall–Kier alpha value is -1.29. The molecule has 0 radical (unpaired) electrons. The minimum atomic E-state index is -0.00673. The molecule has 4 heteroatoms. The second kappa shape index (κ2) is 5.87. The van der Waals surface area contributed by atoms with Gasteiger partial charge in [-0.25, -0.2) is 0 Å². The van der Waals surface area contributed by atoms with Crippen LogP contribution in [-0.2, 0) is 10.2 Å². The smallest absolute Gasteiger partial charge is 0.254 e. The van der Waals surface area contributed by atoms with E-state index in [2.05, 4.69) is 11.4 Å². The molecule has 0 spiro atoms. The second-order valence-corrected chi connectivity index (χ2v) is 9.12. The van der Waals surface area contributed by atoms with E-state index in [1.807, 2.05) is 6.92 Å². The number of rotatable bonds is 4. The van der Waals surface area contributed by atoms with Crippen molar-refractivity contribution in [1.29, 1.82) is 0 Å². The third kappa shape index (κ3) is 2.73. The molecular weight excluding hydrogens is 314 g/mol. The average molecular weight is 343 g/mol. The molecule has 1 amide bonds. The lowest BCUT2D eigenvalue weighted by Gasteiger charge is -2.55. The van der Waals surface area contributed by atoms with Crippen molar-refractivity contribution in [3.05, 3.63) is 23.2 Å². The maximum atomic E-state index is 12.6. The van der Waals surface area contributed by atoms with Crippen molar-refractivity contribution in [2.24, 2.45) is 17.8 Å². The monoisotopic (exact) mass is 343 g/mol. The molecule has 6 rings (SSSR count). The highest BCUT2D eigenvalue weighted by atomic mass is 16.5. The van der Waals surface area contributed by atoms with Gasteiger partial charge in [-0.1, -0.05) is 0 Å². The molecule has 4 nitrogen and oxygen atoms in total. The number of nitrogens with one attached hydrogen (secondary N) is 1. The summed E-state index contributed by atoms with van der Waals surface area (Å²) in [5.41, 5.74) is 0.941. The van der Waals surface area contributed by atoms with E-state index in [1.165, 1.54) is 38.5 Å². The lowest BCUT2D eigenvalue weighted by Crippen LogP contribution is -2.48. The summed E-state index contributed by atoms with van der Waals surface area (Å²) in [5.74, 6) is 4.50. The Morgan fingerprint density at radius 2 is 1.88 bits per heavy atom. The molecule has 2 heterocycles. The van der Waals surface area contributed by atoms with Gasteiger partial charge < -0.3 is 14.5 Å². The Labute approximate surface area is 149 Å². The van der Waals surface area contributed by atoms with Crippen molar-refractivity contribution in [3.8, 4) is 0 Å². The largest absolute Gasteiger partial charge is 0.465 e.